The Hall–Kier alpha value is -1.84. The fourth-order valence-electron chi connectivity index (χ4n) is 2.14. The van der Waals surface area contributed by atoms with Gasteiger partial charge in [-0.05, 0) is 48.9 Å². The molecule has 0 saturated heterocycles. The third-order valence-corrected chi connectivity index (χ3v) is 4.05. The summed E-state index contributed by atoms with van der Waals surface area (Å²) in [5, 5.41) is 1.89. The highest BCUT2D eigenvalue weighted by Gasteiger charge is 2.11. The summed E-state index contributed by atoms with van der Waals surface area (Å²) < 4.78 is 5.15. The van der Waals surface area contributed by atoms with Crippen LogP contribution in [0.5, 0.6) is 5.75 Å². The highest BCUT2D eigenvalue weighted by molar-refractivity contribution is 6.35. The zero-order chi connectivity index (χ0) is 15.0. The molecule has 0 unspecified atom stereocenters. The van der Waals surface area contributed by atoms with Gasteiger partial charge in [0.25, 0.3) is 0 Å². The summed E-state index contributed by atoms with van der Waals surface area (Å²) in [5.41, 5.74) is 2.54. The molecule has 21 heavy (non-hydrogen) atoms. The van der Waals surface area contributed by atoms with Crippen LogP contribution in [0.3, 0.4) is 0 Å². The number of hydrogen-bond donors (Lipinski definition) is 0. The smallest absolute Gasteiger partial charge is 0.161 e. The molecule has 0 fully saturated rings. The Morgan fingerprint density at radius 3 is 2.33 bits per heavy atom. The van der Waals surface area contributed by atoms with Crippen LogP contribution in [-0.2, 0) is 0 Å². The summed E-state index contributed by atoms with van der Waals surface area (Å²) in [6, 6.07) is 11.2. The van der Waals surface area contributed by atoms with Gasteiger partial charge < -0.3 is 4.74 Å². The standard InChI is InChI=1S/C16H12Cl2N2O/c1-9-13(17)8-7-12-14(9)19-16(20-15(12)18)10-3-5-11(21-2)6-4-10/h3-8H,1-2H3. The summed E-state index contributed by atoms with van der Waals surface area (Å²) >= 11 is 12.4. The molecule has 3 rings (SSSR count). The van der Waals surface area contributed by atoms with E-state index in [-0.39, 0.29) is 0 Å². The number of rotatable bonds is 2. The highest BCUT2D eigenvalue weighted by atomic mass is 35.5. The Morgan fingerprint density at radius 2 is 1.67 bits per heavy atom. The van der Waals surface area contributed by atoms with Crippen molar-refractivity contribution in [3.05, 3.63) is 52.1 Å². The van der Waals surface area contributed by atoms with Gasteiger partial charge in [0.1, 0.15) is 10.9 Å². The maximum absolute atomic E-state index is 6.28. The van der Waals surface area contributed by atoms with Gasteiger partial charge in [0.05, 0.1) is 12.6 Å². The van der Waals surface area contributed by atoms with E-state index in [2.05, 4.69) is 9.97 Å². The Balaban J connectivity index is 2.21. The van der Waals surface area contributed by atoms with E-state index in [4.69, 9.17) is 27.9 Å². The predicted molar refractivity (Wildman–Crippen MR) is 86.3 cm³/mol. The molecule has 0 bridgehead atoms. The van der Waals surface area contributed by atoms with Gasteiger partial charge in [0.2, 0.25) is 0 Å². The summed E-state index contributed by atoms with van der Waals surface area (Å²) in [5.74, 6) is 1.35. The SMILES string of the molecule is COc1ccc(-c2nc(Cl)c3ccc(Cl)c(C)c3n2)cc1. The van der Waals surface area contributed by atoms with Gasteiger partial charge in [0, 0.05) is 16.0 Å². The minimum atomic E-state index is 0.422. The topological polar surface area (TPSA) is 35.0 Å². The van der Waals surface area contributed by atoms with E-state index in [0.29, 0.717) is 16.0 Å². The molecule has 0 spiro atoms. The average molecular weight is 319 g/mol. The highest BCUT2D eigenvalue weighted by Crippen LogP contribution is 2.30. The number of aromatic nitrogens is 2. The van der Waals surface area contributed by atoms with Crippen molar-refractivity contribution in [2.75, 3.05) is 7.11 Å². The number of benzene rings is 2. The molecular weight excluding hydrogens is 307 g/mol. The Labute approximate surface area is 132 Å². The summed E-state index contributed by atoms with van der Waals surface area (Å²) in [6.45, 7) is 1.92. The lowest BCUT2D eigenvalue weighted by Gasteiger charge is -2.08. The second kappa shape index (κ2) is 5.51. The monoisotopic (exact) mass is 318 g/mol. The predicted octanol–water partition coefficient (Wildman–Crippen LogP) is 4.92. The minimum absolute atomic E-state index is 0.422. The molecule has 1 heterocycles. The van der Waals surface area contributed by atoms with Crippen LogP contribution in [0.1, 0.15) is 5.56 Å². The van der Waals surface area contributed by atoms with Crippen molar-refractivity contribution >= 4 is 34.1 Å². The molecule has 1 aromatic heterocycles. The zero-order valence-electron chi connectivity index (χ0n) is 11.5. The van der Waals surface area contributed by atoms with E-state index in [0.717, 1.165) is 27.8 Å². The van der Waals surface area contributed by atoms with Gasteiger partial charge in [-0.15, -0.1) is 0 Å². The van der Waals surface area contributed by atoms with E-state index in [1.54, 1.807) is 7.11 Å². The molecule has 0 atom stereocenters. The molecular formula is C16H12Cl2N2O. The lowest BCUT2D eigenvalue weighted by atomic mass is 10.1. The largest absolute Gasteiger partial charge is 0.497 e. The fourth-order valence-corrected chi connectivity index (χ4v) is 2.52. The van der Waals surface area contributed by atoms with Gasteiger partial charge >= 0.3 is 0 Å². The number of ether oxygens (including phenoxy) is 1. The lowest BCUT2D eigenvalue weighted by molar-refractivity contribution is 0.415. The second-order valence-electron chi connectivity index (χ2n) is 4.64. The minimum Gasteiger partial charge on any atom is -0.497 e. The van der Waals surface area contributed by atoms with E-state index >= 15 is 0 Å². The fraction of sp³-hybridized carbons (Fsp3) is 0.125. The number of halogens is 2. The average Bonchev–Trinajstić information content (AvgIpc) is 2.51. The molecule has 0 aliphatic heterocycles. The molecule has 2 aromatic carbocycles. The summed E-state index contributed by atoms with van der Waals surface area (Å²) in [6.07, 6.45) is 0. The van der Waals surface area contributed by atoms with Crippen LogP contribution in [0.2, 0.25) is 10.2 Å². The van der Waals surface area contributed by atoms with E-state index in [1.165, 1.54) is 0 Å². The normalized spacial score (nSPS) is 10.9. The first-order chi connectivity index (χ1) is 10.1. The van der Waals surface area contributed by atoms with Crippen LogP contribution in [0.4, 0.5) is 0 Å². The number of methoxy groups -OCH3 is 1. The van der Waals surface area contributed by atoms with Gasteiger partial charge in [0.15, 0.2) is 5.82 Å². The van der Waals surface area contributed by atoms with Crippen LogP contribution < -0.4 is 4.74 Å². The van der Waals surface area contributed by atoms with Crippen molar-refractivity contribution in [1.29, 1.82) is 0 Å². The van der Waals surface area contributed by atoms with Crippen LogP contribution in [-0.4, -0.2) is 17.1 Å². The van der Waals surface area contributed by atoms with E-state index in [9.17, 15) is 0 Å². The molecule has 0 saturated carbocycles. The van der Waals surface area contributed by atoms with Gasteiger partial charge in [-0.2, -0.15) is 0 Å². The first kappa shape index (κ1) is 14.1. The molecule has 106 valence electrons. The first-order valence-corrected chi connectivity index (χ1v) is 7.12. The first-order valence-electron chi connectivity index (χ1n) is 6.37. The molecule has 0 aliphatic rings. The zero-order valence-corrected chi connectivity index (χ0v) is 13.0. The van der Waals surface area contributed by atoms with Crippen LogP contribution in [0.15, 0.2) is 36.4 Å². The maximum Gasteiger partial charge on any atom is 0.161 e. The number of nitrogens with zero attached hydrogens (tertiary/aromatic N) is 2. The third-order valence-electron chi connectivity index (χ3n) is 3.36. The molecule has 0 radical (unpaired) electrons. The Bertz CT molecular complexity index is 817. The van der Waals surface area contributed by atoms with Crippen molar-refractivity contribution in [3.63, 3.8) is 0 Å². The number of fused-ring (bicyclic) bond motifs is 1. The van der Waals surface area contributed by atoms with Crippen LogP contribution in [0.25, 0.3) is 22.3 Å². The molecule has 3 aromatic rings. The molecule has 3 nitrogen and oxygen atoms in total. The molecule has 0 N–H and O–H groups in total. The number of hydrogen-bond acceptors (Lipinski definition) is 3. The van der Waals surface area contributed by atoms with Crippen molar-refractivity contribution in [3.8, 4) is 17.1 Å². The molecule has 0 aliphatic carbocycles. The Morgan fingerprint density at radius 1 is 0.952 bits per heavy atom. The van der Waals surface area contributed by atoms with Crippen molar-refractivity contribution in [1.82, 2.24) is 9.97 Å². The van der Waals surface area contributed by atoms with E-state index in [1.807, 2.05) is 43.3 Å². The van der Waals surface area contributed by atoms with Crippen molar-refractivity contribution in [2.24, 2.45) is 0 Å². The lowest BCUT2D eigenvalue weighted by Crippen LogP contribution is -1.94. The molecule has 0 amide bonds. The van der Waals surface area contributed by atoms with Gasteiger partial charge in [-0.1, -0.05) is 23.2 Å². The summed E-state index contributed by atoms with van der Waals surface area (Å²) in [4.78, 5) is 8.97. The van der Waals surface area contributed by atoms with Crippen molar-refractivity contribution in [2.45, 2.75) is 6.92 Å². The second-order valence-corrected chi connectivity index (χ2v) is 5.40. The molecule has 5 heteroatoms. The van der Waals surface area contributed by atoms with Crippen LogP contribution >= 0.6 is 23.2 Å². The maximum atomic E-state index is 6.28. The quantitative estimate of drug-likeness (QED) is 0.629. The number of aryl methyl sites for hydroxylation is 1. The van der Waals surface area contributed by atoms with Crippen LogP contribution in [0, 0.1) is 6.92 Å². The van der Waals surface area contributed by atoms with Gasteiger partial charge in [-0.3, -0.25) is 0 Å². The van der Waals surface area contributed by atoms with E-state index < -0.39 is 0 Å². The third kappa shape index (κ3) is 2.55. The Kier molecular flexibility index (Phi) is 3.70. The van der Waals surface area contributed by atoms with Gasteiger partial charge in [-0.25, -0.2) is 9.97 Å². The van der Waals surface area contributed by atoms with Crippen molar-refractivity contribution < 1.29 is 4.74 Å². The summed E-state index contributed by atoms with van der Waals surface area (Å²) in [7, 11) is 1.63.